The minimum absolute atomic E-state index is 0.0211. The number of aryl methyl sites for hydroxylation is 1. The van der Waals surface area contributed by atoms with Crippen LogP contribution in [0.15, 0.2) is 30.5 Å². The lowest BCUT2D eigenvalue weighted by Crippen LogP contribution is -2.22. The van der Waals surface area contributed by atoms with Crippen LogP contribution in [0.2, 0.25) is 0 Å². The van der Waals surface area contributed by atoms with Gasteiger partial charge in [0.1, 0.15) is 5.00 Å². The Balaban J connectivity index is 1.46. The van der Waals surface area contributed by atoms with Gasteiger partial charge in [-0.25, -0.2) is 14.6 Å². The Morgan fingerprint density at radius 1 is 1.00 bits per heavy atom. The van der Waals surface area contributed by atoms with Gasteiger partial charge < -0.3 is 14.8 Å². The number of benzene rings is 1. The van der Waals surface area contributed by atoms with Crippen molar-refractivity contribution in [2.24, 2.45) is 0 Å². The Hall–Kier alpha value is -3.33. The summed E-state index contributed by atoms with van der Waals surface area (Å²) in [5.41, 5.74) is 2.64. The number of fused-ring (bicyclic) bond motifs is 2. The van der Waals surface area contributed by atoms with Gasteiger partial charge >= 0.3 is 11.9 Å². The summed E-state index contributed by atoms with van der Waals surface area (Å²) in [5.74, 6) is -1.71. The third-order valence-electron chi connectivity index (χ3n) is 5.40. The van der Waals surface area contributed by atoms with E-state index in [0.717, 1.165) is 49.0 Å². The van der Waals surface area contributed by atoms with Crippen molar-refractivity contribution in [1.29, 1.82) is 0 Å². The number of esters is 2. The van der Waals surface area contributed by atoms with Crippen molar-refractivity contribution in [2.75, 3.05) is 18.5 Å². The molecule has 33 heavy (non-hydrogen) atoms. The molecule has 172 valence electrons. The number of hydrogen-bond acceptors (Lipinski definition) is 8. The summed E-state index contributed by atoms with van der Waals surface area (Å²) in [7, 11) is 0. The molecular formula is C24H25N3O5S. The Kier molecular flexibility index (Phi) is 7.29. The number of para-hydroxylation sites is 2. The Bertz CT molecular complexity index is 1190. The molecule has 2 aromatic heterocycles. The van der Waals surface area contributed by atoms with Gasteiger partial charge in [0.25, 0.3) is 5.91 Å². The first-order valence-electron chi connectivity index (χ1n) is 11.1. The third kappa shape index (κ3) is 5.36. The lowest BCUT2D eigenvalue weighted by atomic mass is 9.96. The number of carbonyl (C=O) groups excluding carboxylic acids is 3. The van der Waals surface area contributed by atoms with Crippen molar-refractivity contribution in [3.05, 3.63) is 52.2 Å². The molecule has 0 unspecified atom stereocenters. The van der Waals surface area contributed by atoms with Crippen LogP contribution in [0.3, 0.4) is 0 Å². The van der Waals surface area contributed by atoms with Gasteiger partial charge in [0.15, 0.2) is 12.3 Å². The molecule has 8 nitrogen and oxygen atoms in total. The SMILES string of the molecule is CCOC(=O)c1c(NC(=O)COC(=O)c2cnc3ccccc3n2)sc2c1CCCCCC2. The summed E-state index contributed by atoms with van der Waals surface area (Å²) >= 11 is 1.40. The number of aromatic nitrogens is 2. The Morgan fingerprint density at radius 3 is 2.55 bits per heavy atom. The minimum Gasteiger partial charge on any atom is -0.462 e. The number of ether oxygens (including phenoxy) is 2. The van der Waals surface area contributed by atoms with Crippen molar-refractivity contribution in [3.63, 3.8) is 0 Å². The number of rotatable bonds is 6. The normalized spacial score (nSPS) is 13.5. The molecule has 4 rings (SSSR count). The lowest BCUT2D eigenvalue weighted by molar-refractivity contribution is -0.119. The quantitative estimate of drug-likeness (QED) is 0.538. The summed E-state index contributed by atoms with van der Waals surface area (Å²) in [6.45, 7) is 1.50. The predicted octanol–water partition coefficient (Wildman–Crippen LogP) is 4.32. The maximum absolute atomic E-state index is 12.7. The van der Waals surface area contributed by atoms with Gasteiger partial charge in [-0.05, 0) is 50.3 Å². The molecule has 9 heteroatoms. The molecule has 0 aliphatic heterocycles. The van der Waals surface area contributed by atoms with Gasteiger partial charge in [-0.1, -0.05) is 25.0 Å². The van der Waals surface area contributed by atoms with Crippen LogP contribution in [-0.2, 0) is 27.1 Å². The second kappa shape index (κ2) is 10.5. The van der Waals surface area contributed by atoms with E-state index in [1.54, 1.807) is 25.1 Å². The highest BCUT2D eigenvalue weighted by molar-refractivity contribution is 7.17. The Morgan fingerprint density at radius 2 is 1.76 bits per heavy atom. The summed E-state index contributed by atoms with van der Waals surface area (Å²) in [5, 5.41) is 3.20. The fourth-order valence-corrected chi connectivity index (χ4v) is 5.14. The summed E-state index contributed by atoms with van der Waals surface area (Å²) < 4.78 is 10.4. The van der Waals surface area contributed by atoms with Crippen molar-refractivity contribution in [1.82, 2.24) is 9.97 Å². The van der Waals surface area contributed by atoms with Crippen molar-refractivity contribution in [3.8, 4) is 0 Å². The van der Waals surface area contributed by atoms with Crippen molar-refractivity contribution in [2.45, 2.75) is 45.4 Å². The standard InChI is InChI=1S/C24H25N3O5S/c1-2-31-24(30)21-15-9-5-3-4-6-12-19(15)33-22(21)27-20(28)14-32-23(29)18-13-25-16-10-7-8-11-17(16)26-18/h7-8,10-11,13H,2-6,9,12,14H2,1H3,(H,27,28). The molecule has 2 heterocycles. The monoisotopic (exact) mass is 467 g/mol. The van der Waals surface area contributed by atoms with Crippen LogP contribution in [0.5, 0.6) is 0 Å². The molecule has 0 saturated heterocycles. The summed E-state index contributed by atoms with van der Waals surface area (Å²) in [6, 6.07) is 7.16. The zero-order valence-corrected chi connectivity index (χ0v) is 19.2. The number of carbonyl (C=O) groups is 3. The van der Waals surface area contributed by atoms with Crippen LogP contribution in [0, 0.1) is 0 Å². The number of nitrogens with zero attached hydrogens (tertiary/aromatic N) is 2. The zero-order chi connectivity index (χ0) is 23.2. The second-order valence-electron chi connectivity index (χ2n) is 7.71. The first kappa shape index (κ1) is 22.8. The molecule has 0 radical (unpaired) electrons. The molecule has 0 saturated carbocycles. The van der Waals surface area contributed by atoms with Gasteiger partial charge in [0, 0.05) is 4.88 Å². The van der Waals surface area contributed by atoms with Gasteiger partial charge in [0.2, 0.25) is 0 Å². The van der Waals surface area contributed by atoms with Gasteiger partial charge in [-0.2, -0.15) is 0 Å². The molecule has 0 bridgehead atoms. The molecule has 1 aliphatic rings. The lowest BCUT2D eigenvalue weighted by Gasteiger charge is -2.11. The zero-order valence-electron chi connectivity index (χ0n) is 18.4. The van der Waals surface area contributed by atoms with Crippen LogP contribution >= 0.6 is 11.3 Å². The topological polar surface area (TPSA) is 107 Å². The van der Waals surface area contributed by atoms with E-state index in [-0.39, 0.29) is 12.3 Å². The number of anilines is 1. The predicted molar refractivity (Wildman–Crippen MR) is 125 cm³/mol. The first-order valence-corrected chi connectivity index (χ1v) is 11.9. The van der Waals surface area contributed by atoms with Gasteiger partial charge in [-0.15, -0.1) is 11.3 Å². The second-order valence-corrected chi connectivity index (χ2v) is 8.82. The van der Waals surface area contributed by atoms with Crippen LogP contribution in [0.4, 0.5) is 5.00 Å². The van der Waals surface area contributed by atoms with Crippen molar-refractivity contribution < 1.29 is 23.9 Å². The highest BCUT2D eigenvalue weighted by Gasteiger charge is 2.26. The molecule has 0 fully saturated rings. The number of nitrogens with one attached hydrogen (secondary N) is 1. The molecule has 1 aromatic carbocycles. The largest absolute Gasteiger partial charge is 0.462 e. The van der Waals surface area contributed by atoms with E-state index >= 15 is 0 Å². The molecule has 1 N–H and O–H groups in total. The molecule has 1 amide bonds. The number of hydrogen-bond donors (Lipinski definition) is 1. The molecular weight excluding hydrogens is 442 g/mol. The van der Waals surface area contributed by atoms with E-state index in [1.165, 1.54) is 17.5 Å². The van der Waals surface area contributed by atoms with E-state index in [9.17, 15) is 14.4 Å². The van der Waals surface area contributed by atoms with Crippen LogP contribution in [0.25, 0.3) is 11.0 Å². The van der Waals surface area contributed by atoms with Crippen molar-refractivity contribution >= 4 is 45.2 Å². The maximum atomic E-state index is 12.7. The summed E-state index contributed by atoms with van der Waals surface area (Å²) in [4.78, 5) is 47.1. The number of amides is 1. The van der Waals surface area contributed by atoms with E-state index in [0.29, 0.717) is 21.6 Å². The molecule has 0 atom stereocenters. The van der Waals surface area contributed by atoms with Gasteiger partial charge in [0.05, 0.1) is 29.4 Å². The van der Waals surface area contributed by atoms with Gasteiger partial charge in [-0.3, -0.25) is 9.78 Å². The molecule has 1 aliphatic carbocycles. The number of thiophene rings is 1. The molecule has 3 aromatic rings. The smallest absolute Gasteiger partial charge is 0.359 e. The van der Waals surface area contributed by atoms with E-state index in [1.807, 2.05) is 6.07 Å². The average Bonchev–Trinajstić information content (AvgIpc) is 3.13. The minimum atomic E-state index is -0.743. The van der Waals surface area contributed by atoms with Crippen LogP contribution in [0.1, 0.15) is 63.9 Å². The van der Waals surface area contributed by atoms with E-state index in [2.05, 4.69) is 15.3 Å². The van der Waals surface area contributed by atoms with Crippen LogP contribution in [-0.4, -0.2) is 41.0 Å². The fraction of sp³-hybridized carbons (Fsp3) is 0.375. The van der Waals surface area contributed by atoms with E-state index < -0.39 is 24.5 Å². The Labute approximate surface area is 195 Å². The summed E-state index contributed by atoms with van der Waals surface area (Å²) in [6.07, 6.45) is 7.29. The fourth-order valence-electron chi connectivity index (χ4n) is 3.85. The third-order valence-corrected chi connectivity index (χ3v) is 6.60. The highest BCUT2D eigenvalue weighted by Crippen LogP contribution is 2.37. The first-order chi connectivity index (χ1) is 16.1. The van der Waals surface area contributed by atoms with Crippen LogP contribution < -0.4 is 5.32 Å². The molecule has 0 spiro atoms. The highest BCUT2D eigenvalue weighted by atomic mass is 32.1. The van der Waals surface area contributed by atoms with E-state index in [4.69, 9.17) is 9.47 Å². The maximum Gasteiger partial charge on any atom is 0.359 e. The average molecular weight is 468 g/mol.